The smallest absolute Gasteiger partial charge is 0.395 e. The minimum Gasteiger partial charge on any atom is -0.395 e. The van der Waals surface area contributed by atoms with E-state index in [1.54, 1.807) is 18.6 Å². The predicted octanol–water partition coefficient (Wildman–Crippen LogP) is 6.27. The van der Waals surface area contributed by atoms with E-state index in [1.165, 1.54) is 6.92 Å². The van der Waals surface area contributed by atoms with E-state index >= 15 is 0 Å². The van der Waals surface area contributed by atoms with Crippen molar-refractivity contribution in [3.05, 3.63) is 80.1 Å². The van der Waals surface area contributed by atoms with Crippen LogP contribution in [0, 0.1) is 6.92 Å². The first-order valence-corrected chi connectivity index (χ1v) is 12.2. The fourth-order valence-electron chi connectivity index (χ4n) is 4.60. The number of hydrogen-bond donors (Lipinski definition) is 2. The standard InChI is InChI=1S/C23H22Cl2F3N3OS/c1-12-18(23(26,27)28)22(33-2)20(25)17(19(12)24)21(15-8-29-30-9-15)31-10-14-6-4-3-5-13(14)7-16(31)11-32/h3-6,8-9,16,21,32H,7,10-11H2,1-2H3,(H,29,30). The quantitative estimate of drug-likeness (QED) is 0.393. The molecule has 0 saturated heterocycles. The predicted molar refractivity (Wildman–Crippen MR) is 125 cm³/mol. The second-order valence-electron chi connectivity index (χ2n) is 7.99. The fourth-order valence-corrected chi connectivity index (χ4v) is 6.22. The Kier molecular flexibility index (Phi) is 7.03. The van der Waals surface area contributed by atoms with E-state index in [9.17, 15) is 18.3 Å². The highest BCUT2D eigenvalue weighted by molar-refractivity contribution is 7.98. The van der Waals surface area contributed by atoms with E-state index in [1.807, 2.05) is 29.2 Å². The molecule has 2 aromatic carbocycles. The zero-order valence-corrected chi connectivity index (χ0v) is 20.2. The number of aromatic nitrogens is 2. The maximum atomic E-state index is 13.9. The minimum absolute atomic E-state index is 0.0350. The molecule has 4 rings (SSSR count). The average Bonchev–Trinajstić information content (AvgIpc) is 3.31. The number of aromatic amines is 1. The molecule has 0 saturated carbocycles. The molecule has 0 aliphatic carbocycles. The molecule has 1 aromatic heterocycles. The van der Waals surface area contributed by atoms with Crippen molar-refractivity contribution < 1.29 is 18.3 Å². The van der Waals surface area contributed by atoms with Gasteiger partial charge in [-0.1, -0.05) is 47.5 Å². The van der Waals surface area contributed by atoms with Gasteiger partial charge in [-0.05, 0) is 36.3 Å². The molecular formula is C23H22Cl2F3N3OS. The number of fused-ring (bicyclic) bond motifs is 1. The molecule has 176 valence electrons. The normalized spacial score (nSPS) is 17.8. The molecule has 0 fully saturated rings. The molecule has 2 heterocycles. The number of alkyl halides is 3. The van der Waals surface area contributed by atoms with Crippen molar-refractivity contribution in [2.75, 3.05) is 12.9 Å². The van der Waals surface area contributed by atoms with Crippen molar-refractivity contribution in [1.29, 1.82) is 0 Å². The summed E-state index contributed by atoms with van der Waals surface area (Å²) in [7, 11) is 0. The van der Waals surface area contributed by atoms with E-state index in [-0.39, 0.29) is 33.2 Å². The molecule has 0 radical (unpaired) electrons. The van der Waals surface area contributed by atoms with Crippen LogP contribution in [0.15, 0.2) is 41.6 Å². The van der Waals surface area contributed by atoms with Crippen molar-refractivity contribution in [2.45, 2.75) is 43.0 Å². The van der Waals surface area contributed by atoms with E-state index in [4.69, 9.17) is 23.2 Å². The summed E-state index contributed by atoms with van der Waals surface area (Å²) in [5, 5.41) is 17.0. The van der Waals surface area contributed by atoms with Gasteiger partial charge in [-0.25, -0.2) is 0 Å². The third-order valence-electron chi connectivity index (χ3n) is 6.14. The number of aliphatic hydroxyl groups excluding tert-OH is 1. The molecule has 0 bridgehead atoms. The molecule has 3 aromatic rings. The summed E-state index contributed by atoms with van der Waals surface area (Å²) >= 11 is 14.3. The zero-order chi connectivity index (χ0) is 23.9. The van der Waals surface area contributed by atoms with Crippen molar-refractivity contribution in [3.63, 3.8) is 0 Å². The fraction of sp³-hybridized carbons (Fsp3) is 0.348. The largest absolute Gasteiger partial charge is 0.417 e. The number of halogens is 5. The van der Waals surface area contributed by atoms with Crippen molar-refractivity contribution in [3.8, 4) is 0 Å². The Morgan fingerprint density at radius 1 is 1.24 bits per heavy atom. The molecule has 4 nitrogen and oxygen atoms in total. The lowest BCUT2D eigenvalue weighted by Crippen LogP contribution is -2.45. The van der Waals surface area contributed by atoms with Crippen molar-refractivity contribution >= 4 is 35.0 Å². The van der Waals surface area contributed by atoms with Gasteiger partial charge in [0.1, 0.15) is 0 Å². The van der Waals surface area contributed by atoms with Crippen LogP contribution in [0.5, 0.6) is 0 Å². The van der Waals surface area contributed by atoms with E-state index in [0.717, 1.165) is 22.9 Å². The van der Waals surface area contributed by atoms with Gasteiger partial charge in [-0.15, -0.1) is 11.8 Å². The Hall–Kier alpha value is -1.71. The second kappa shape index (κ2) is 9.50. The summed E-state index contributed by atoms with van der Waals surface area (Å²) in [5.41, 5.74) is 2.40. The Balaban J connectivity index is 1.96. The summed E-state index contributed by atoms with van der Waals surface area (Å²) < 4.78 is 41.7. The number of aliphatic hydroxyl groups is 1. The van der Waals surface area contributed by atoms with Gasteiger partial charge in [0, 0.05) is 34.8 Å². The number of thioether (sulfide) groups is 1. The molecule has 1 aliphatic heterocycles. The van der Waals surface area contributed by atoms with Crippen LogP contribution < -0.4 is 0 Å². The van der Waals surface area contributed by atoms with Crippen LogP contribution in [0.25, 0.3) is 0 Å². The van der Waals surface area contributed by atoms with Gasteiger partial charge in [0.2, 0.25) is 0 Å². The van der Waals surface area contributed by atoms with Gasteiger partial charge < -0.3 is 5.11 Å². The minimum atomic E-state index is -4.60. The van der Waals surface area contributed by atoms with Crippen LogP contribution in [0.3, 0.4) is 0 Å². The lowest BCUT2D eigenvalue weighted by Gasteiger charge is -2.42. The first-order valence-electron chi connectivity index (χ1n) is 10.2. The van der Waals surface area contributed by atoms with Crippen LogP contribution in [0.4, 0.5) is 13.2 Å². The highest BCUT2D eigenvalue weighted by atomic mass is 35.5. The van der Waals surface area contributed by atoms with Gasteiger partial charge >= 0.3 is 6.18 Å². The number of nitrogens with one attached hydrogen (secondary N) is 1. The molecule has 10 heteroatoms. The molecule has 33 heavy (non-hydrogen) atoms. The number of nitrogens with zero attached hydrogens (tertiary/aromatic N) is 2. The van der Waals surface area contributed by atoms with Crippen LogP contribution >= 0.6 is 35.0 Å². The Bertz CT molecular complexity index is 1150. The van der Waals surface area contributed by atoms with Gasteiger partial charge in [0.05, 0.1) is 34.5 Å². The molecule has 2 unspecified atom stereocenters. The highest BCUT2D eigenvalue weighted by Crippen LogP contribution is 2.50. The van der Waals surface area contributed by atoms with Crippen LogP contribution in [0.1, 0.15) is 39.4 Å². The molecule has 0 amide bonds. The van der Waals surface area contributed by atoms with E-state index in [0.29, 0.717) is 24.1 Å². The first-order chi connectivity index (χ1) is 15.7. The summed E-state index contributed by atoms with van der Waals surface area (Å²) in [6.07, 6.45) is 0.840. The van der Waals surface area contributed by atoms with Crippen LogP contribution in [-0.2, 0) is 19.1 Å². The lowest BCUT2D eigenvalue weighted by molar-refractivity contribution is -0.140. The summed E-state index contributed by atoms with van der Waals surface area (Å²) in [5.74, 6) is 0. The molecule has 1 aliphatic rings. The maximum Gasteiger partial charge on any atom is 0.417 e. The van der Waals surface area contributed by atoms with E-state index < -0.39 is 17.8 Å². The monoisotopic (exact) mass is 515 g/mol. The topological polar surface area (TPSA) is 52.2 Å². The number of benzene rings is 2. The molecule has 0 spiro atoms. The Morgan fingerprint density at radius 3 is 2.52 bits per heavy atom. The van der Waals surface area contributed by atoms with Gasteiger partial charge in [-0.2, -0.15) is 18.3 Å². The molecular weight excluding hydrogens is 494 g/mol. The summed E-state index contributed by atoms with van der Waals surface area (Å²) in [6.45, 7) is 1.71. The van der Waals surface area contributed by atoms with Crippen molar-refractivity contribution in [2.24, 2.45) is 0 Å². The van der Waals surface area contributed by atoms with E-state index in [2.05, 4.69) is 10.2 Å². The number of hydrogen-bond acceptors (Lipinski definition) is 4. The van der Waals surface area contributed by atoms with Crippen molar-refractivity contribution in [1.82, 2.24) is 15.1 Å². The zero-order valence-electron chi connectivity index (χ0n) is 17.9. The second-order valence-corrected chi connectivity index (χ2v) is 9.56. The van der Waals surface area contributed by atoms with Gasteiger partial charge in [0.25, 0.3) is 0 Å². The number of H-pyrrole nitrogens is 1. The van der Waals surface area contributed by atoms with Crippen LogP contribution in [0.2, 0.25) is 10.0 Å². The molecule has 2 N–H and O–H groups in total. The van der Waals surface area contributed by atoms with Crippen LogP contribution in [-0.4, -0.2) is 39.1 Å². The Labute approximate surface area is 204 Å². The van der Waals surface area contributed by atoms with Gasteiger partial charge in [-0.3, -0.25) is 10.00 Å². The van der Waals surface area contributed by atoms with Gasteiger partial charge in [0.15, 0.2) is 0 Å². The summed E-state index contributed by atoms with van der Waals surface area (Å²) in [6, 6.07) is 7.03. The average molecular weight is 516 g/mol. The lowest BCUT2D eigenvalue weighted by atomic mass is 9.88. The Morgan fingerprint density at radius 2 is 1.94 bits per heavy atom. The number of rotatable bonds is 5. The molecule has 2 atom stereocenters. The maximum absolute atomic E-state index is 13.9. The third kappa shape index (κ3) is 4.39. The SMILES string of the molecule is CSc1c(Cl)c(C(c2cn[nH]c2)N2Cc3ccccc3CC2CO)c(Cl)c(C)c1C(F)(F)F. The first kappa shape index (κ1) is 24.4. The summed E-state index contributed by atoms with van der Waals surface area (Å²) in [4.78, 5) is 1.98. The third-order valence-corrected chi connectivity index (χ3v) is 7.95. The highest BCUT2D eigenvalue weighted by Gasteiger charge is 2.42.